The van der Waals surface area contributed by atoms with E-state index in [4.69, 9.17) is 10.5 Å². The van der Waals surface area contributed by atoms with Crippen molar-refractivity contribution in [3.63, 3.8) is 0 Å². The zero-order chi connectivity index (χ0) is 15.0. The van der Waals surface area contributed by atoms with Gasteiger partial charge in [0.05, 0.1) is 0 Å². The van der Waals surface area contributed by atoms with Crippen LogP contribution in [0.5, 0.6) is 5.75 Å². The summed E-state index contributed by atoms with van der Waals surface area (Å²) in [5.74, 6) is 0.133. The fourth-order valence-corrected chi connectivity index (χ4v) is 2.57. The first kappa shape index (κ1) is 13.9. The Bertz CT molecular complexity index is 660. The third-order valence-electron chi connectivity index (χ3n) is 3.64. The van der Waals surface area contributed by atoms with Crippen molar-refractivity contribution in [3.8, 4) is 5.75 Å². The van der Waals surface area contributed by atoms with Gasteiger partial charge in [-0.3, -0.25) is 0 Å². The third kappa shape index (κ3) is 2.74. The molecule has 1 aliphatic rings. The molecule has 0 aliphatic carbocycles. The fraction of sp³-hybridized carbons (Fsp3) is 0.250. The van der Waals surface area contributed by atoms with Crippen LogP contribution in [-0.4, -0.2) is 0 Å². The number of ether oxygens (including phenoxy) is 1. The molecule has 0 spiro atoms. The molecule has 0 fully saturated rings. The van der Waals surface area contributed by atoms with Crippen molar-refractivity contribution in [3.05, 3.63) is 65.0 Å². The van der Waals surface area contributed by atoms with Gasteiger partial charge in [-0.15, -0.1) is 0 Å². The molecule has 0 radical (unpaired) electrons. The average Bonchev–Trinajstić information content (AvgIpc) is 2.48. The van der Waals surface area contributed by atoms with Gasteiger partial charge in [-0.2, -0.15) is 0 Å². The Balaban J connectivity index is 1.92. The van der Waals surface area contributed by atoms with E-state index in [0.29, 0.717) is 23.3 Å². The van der Waals surface area contributed by atoms with E-state index in [1.807, 2.05) is 0 Å². The molecule has 2 N–H and O–H groups in total. The second-order valence-corrected chi connectivity index (χ2v) is 5.10. The molecule has 3 rings (SSSR count). The van der Waals surface area contributed by atoms with E-state index in [-0.39, 0.29) is 17.4 Å². The highest BCUT2D eigenvalue weighted by Gasteiger charge is 2.27. The van der Waals surface area contributed by atoms with Gasteiger partial charge in [-0.25, -0.2) is 13.2 Å². The summed E-state index contributed by atoms with van der Waals surface area (Å²) in [5.41, 5.74) is 7.26. The molecule has 0 amide bonds. The number of nitrogens with two attached hydrogens (primary N) is 1. The van der Waals surface area contributed by atoms with Crippen LogP contribution in [0.3, 0.4) is 0 Å². The average molecular weight is 293 g/mol. The normalized spacial score (nSPS) is 21.0. The Morgan fingerprint density at radius 1 is 1.14 bits per heavy atom. The van der Waals surface area contributed by atoms with Crippen molar-refractivity contribution < 1.29 is 17.9 Å². The summed E-state index contributed by atoms with van der Waals surface area (Å²) in [7, 11) is 0. The monoisotopic (exact) mass is 293 g/mol. The zero-order valence-electron chi connectivity index (χ0n) is 11.1. The molecule has 2 aromatic rings. The van der Waals surface area contributed by atoms with E-state index in [1.54, 1.807) is 12.1 Å². The second kappa shape index (κ2) is 5.41. The molecule has 110 valence electrons. The summed E-state index contributed by atoms with van der Waals surface area (Å²) in [6.07, 6.45) is -2.51. The first-order valence-corrected chi connectivity index (χ1v) is 6.64. The van der Waals surface area contributed by atoms with Crippen molar-refractivity contribution in [1.82, 2.24) is 0 Å². The van der Waals surface area contributed by atoms with Gasteiger partial charge in [0.15, 0.2) is 0 Å². The van der Waals surface area contributed by atoms with E-state index < -0.39 is 12.5 Å². The number of hydrogen-bond acceptors (Lipinski definition) is 2. The molecule has 2 nitrogen and oxygen atoms in total. The maximum Gasteiger partial charge on any atom is 0.263 e. The zero-order valence-corrected chi connectivity index (χ0v) is 11.1. The van der Waals surface area contributed by atoms with Crippen LogP contribution >= 0.6 is 0 Å². The Morgan fingerprint density at radius 3 is 2.71 bits per heavy atom. The highest BCUT2D eigenvalue weighted by atomic mass is 19.3. The largest absolute Gasteiger partial charge is 0.485 e. The Kier molecular flexibility index (Phi) is 3.59. The summed E-state index contributed by atoms with van der Waals surface area (Å²) in [6, 6.07) is 9.90. The first-order chi connectivity index (χ1) is 10.0. The van der Waals surface area contributed by atoms with Gasteiger partial charge in [0.25, 0.3) is 6.43 Å². The lowest BCUT2D eigenvalue weighted by atomic mass is 9.93. The Hall–Kier alpha value is -2.01. The molecular formula is C16H14F3NO. The molecule has 0 bridgehead atoms. The lowest BCUT2D eigenvalue weighted by Crippen LogP contribution is -2.24. The first-order valence-electron chi connectivity index (χ1n) is 6.64. The maximum absolute atomic E-state index is 13.2. The quantitative estimate of drug-likeness (QED) is 0.896. The van der Waals surface area contributed by atoms with Crippen LogP contribution in [0.25, 0.3) is 0 Å². The van der Waals surface area contributed by atoms with Crippen LogP contribution in [0.15, 0.2) is 42.5 Å². The smallest absolute Gasteiger partial charge is 0.263 e. The van der Waals surface area contributed by atoms with Gasteiger partial charge in [-0.05, 0) is 29.8 Å². The van der Waals surface area contributed by atoms with Gasteiger partial charge >= 0.3 is 0 Å². The van der Waals surface area contributed by atoms with Gasteiger partial charge in [0.1, 0.15) is 17.7 Å². The molecular weight excluding hydrogens is 279 g/mol. The number of halogens is 3. The molecule has 1 heterocycles. The molecule has 21 heavy (non-hydrogen) atoms. The minimum absolute atomic E-state index is 0.0467. The molecule has 1 aliphatic heterocycles. The number of fused-ring (bicyclic) bond motifs is 1. The van der Waals surface area contributed by atoms with E-state index in [2.05, 4.69) is 0 Å². The van der Waals surface area contributed by atoms with Crippen molar-refractivity contribution in [2.24, 2.45) is 5.73 Å². The number of rotatable bonds is 2. The van der Waals surface area contributed by atoms with Crippen LogP contribution in [0.4, 0.5) is 13.2 Å². The van der Waals surface area contributed by atoms with Crippen LogP contribution in [-0.2, 0) is 0 Å². The van der Waals surface area contributed by atoms with Crippen LogP contribution in [0, 0.1) is 5.82 Å². The van der Waals surface area contributed by atoms with Crippen LogP contribution in [0.2, 0.25) is 0 Å². The lowest BCUT2D eigenvalue weighted by molar-refractivity contribution is 0.148. The predicted molar refractivity (Wildman–Crippen MR) is 72.7 cm³/mol. The minimum atomic E-state index is -2.52. The summed E-state index contributed by atoms with van der Waals surface area (Å²) in [4.78, 5) is 0. The molecule has 2 aromatic carbocycles. The Morgan fingerprint density at radius 2 is 1.95 bits per heavy atom. The summed E-state index contributed by atoms with van der Waals surface area (Å²) < 4.78 is 44.6. The number of hydrogen-bond donors (Lipinski definition) is 1. The highest BCUT2D eigenvalue weighted by Crippen LogP contribution is 2.40. The molecule has 0 saturated heterocycles. The number of alkyl halides is 2. The van der Waals surface area contributed by atoms with Gasteiger partial charge in [0.2, 0.25) is 0 Å². The molecule has 0 aromatic heterocycles. The lowest BCUT2D eigenvalue weighted by Gasteiger charge is -2.30. The number of benzene rings is 2. The summed E-state index contributed by atoms with van der Waals surface area (Å²) in [5, 5.41) is 0. The molecule has 0 saturated carbocycles. The van der Waals surface area contributed by atoms with Crippen LogP contribution < -0.4 is 10.5 Å². The molecule has 1 unspecified atom stereocenters. The van der Waals surface area contributed by atoms with Crippen molar-refractivity contribution in [1.29, 1.82) is 0 Å². The summed E-state index contributed by atoms with van der Waals surface area (Å²) >= 11 is 0. The van der Waals surface area contributed by atoms with Gasteiger partial charge in [0, 0.05) is 23.6 Å². The van der Waals surface area contributed by atoms with E-state index in [1.165, 1.54) is 30.3 Å². The van der Waals surface area contributed by atoms with E-state index in [0.717, 1.165) is 0 Å². The van der Waals surface area contributed by atoms with Crippen LogP contribution in [0.1, 0.15) is 41.7 Å². The molecule has 5 heteroatoms. The Labute approximate surface area is 120 Å². The highest BCUT2D eigenvalue weighted by molar-refractivity contribution is 5.40. The SMILES string of the molecule is N[C@H]1CC(c2cccc(C(F)F)c2)Oc2ccc(F)cc21. The minimum Gasteiger partial charge on any atom is -0.485 e. The van der Waals surface area contributed by atoms with E-state index in [9.17, 15) is 13.2 Å². The van der Waals surface area contributed by atoms with Crippen molar-refractivity contribution in [2.75, 3.05) is 0 Å². The second-order valence-electron chi connectivity index (χ2n) is 5.10. The van der Waals surface area contributed by atoms with E-state index >= 15 is 0 Å². The third-order valence-corrected chi connectivity index (χ3v) is 3.64. The summed E-state index contributed by atoms with van der Waals surface area (Å²) in [6.45, 7) is 0. The van der Waals surface area contributed by atoms with Gasteiger partial charge in [-0.1, -0.05) is 18.2 Å². The molecule has 2 atom stereocenters. The maximum atomic E-state index is 13.2. The van der Waals surface area contributed by atoms with Gasteiger partial charge < -0.3 is 10.5 Å². The van der Waals surface area contributed by atoms with Crippen molar-refractivity contribution >= 4 is 0 Å². The fourth-order valence-electron chi connectivity index (χ4n) is 2.57. The van der Waals surface area contributed by atoms with Crippen molar-refractivity contribution in [2.45, 2.75) is 25.0 Å². The standard InChI is InChI=1S/C16H14F3NO/c17-11-4-5-14-12(7-11)13(20)8-15(21-14)9-2-1-3-10(6-9)16(18)19/h1-7,13,15-16H,8,20H2/t13-,15?/m0/s1. The predicted octanol–water partition coefficient (Wildman–Crippen LogP) is 4.29. The topological polar surface area (TPSA) is 35.2 Å².